The van der Waals surface area contributed by atoms with Crippen LogP contribution in [0.5, 0.6) is 0 Å². The van der Waals surface area contributed by atoms with E-state index in [4.69, 9.17) is 0 Å². The maximum atomic E-state index is 3.80. The van der Waals surface area contributed by atoms with Gasteiger partial charge >= 0.3 is 0 Å². The Kier molecular flexibility index (Phi) is 4.16. The van der Waals surface area contributed by atoms with Crippen LogP contribution in [0.25, 0.3) is 37.4 Å². The average molecular weight is 345 g/mol. The maximum Gasteiger partial charge on any atom is 0.0449 e. The van der Waals surface area contributed by atoms with Crippen LogP contribution in [0.3, 0.4) is 0 Å². The standard InChI is InChI=1S/C22H16S2/c1-2-16-5-7-17(8-6-16)18-9-11-19(12-10-18)20-13-14-22(24-20)21-4-3-15-23-21/h2-15H,1H2. The molecule has 0 unspecified atom stereocenters. The van der Waals surface area contributed by atoms with Gasteiger partial charge in [0, 0.05) is 14.6 Å². The van der Waals surface area contributed by atoms with Gasteiger partial charge in [0.25, 0.3) is 0 Å². The molecule has 0 saturated carbocycles. The minimum Gasteiger partial charge on any atom is -0.143 e. The molecule has 0 aliphatic rings. The lowest BCUT2D eigenvalue weighted by Gasteiger charge is -2.04. The van der Waals surface area contributed by atoms with Crippen LogP contribution in [-0.4, -0.2) is 0 Å². The first-order valence-electron chi connectivity index (χ1n) is 7.80. The normalized spacial score (nSPS) is 10.7. The molecule has 0 spiro atoms. The van der Waals surface area contributed by atoms with Crippen molar-refractivity contribution in [3.05, 3.63) is 90.3 Å². The van der Waals surface area contributed by atoms with Crippen molar-refractivity contribution < 1.29 is 0 Å². The predicted octanol–water partition coefficient (Wildman–Crippen LogP) is 7.45. The smallest absolute Gasteiger partial charge is 0.0449 e. The van der Waals surface area contributed by atoms with Crippen molar-refractivity contribution in [2.24, 2.45) is 0 Å². The Balaban J connectivity index is 1.60. The Labute approximate surface area is 150 Å². The third-order valence-corrected chi connectivity index (χ3v) is 6.22. The monoisotopic (exact) mass is 344 g/mol. The third kappa shape index (κ3) is 2.99. The van der Waals surface area contributed by atoms with Crippen molar-refractivity contribution in [3.8, 4) is 31.3 Å². The Bertz CT molecular complexity index is 940. The van der Waals surface area contributed by atoms with E-state index in [0.717, 1.165) is 5.56 Å². The van der Waals surface area contributed by atoms with Crippen LogP contribution in [0.2, 0.25) is 0 Å². The molecule has 4 aromatic rings. The number of hydrogen-bond donors (Lipinski definition) is 0. The molecule has 0 nitrogen and oxygen atoms in total. The molecule has 2 aromatic heterocycles. The molecule has 2 aromatic carbocycles. The molecule has 0 atom stereocenters. The van der Waals surface area contributed by atoms with Crippen LogP contribution in [0, 0.1) is 0 Å². The lowest BCUT2D eigenvalue weighted by Crippen LogP contribution is -1.79. The molecule has 0 amide bonds. The van der Waals surface area contributed by atoms with Gasteiger partial charge < -0.3 is 0 Å². The van der Waals surface area contributed by atoms with Gasteiger partial charge in [-0.25, -0.2) is 0 Å². The highest BCUT2D eigenvalue weighted by atomic mass is 32.1. The molecular weight excluding hydrogens is 328 g/mol. The molecule has 0 aliphatic heterocycles. The molecule has 0 N–H and O–H groups in total. The van der Waals surface area contributed by atoms with Crippen LogP contribution >= 0.6 is 22.7 Å². The molecule has 0 fully saturated rings. The summed E-state index contributed by atoms with van der Waals surface area (Å²) in [5.41, 5.74) is 4.89. The Morgan fingerprint density at radius 3 is 1.88 bits per heavy atom. The van der Waals surface area contributed by atoms with Gasteiger partial charge in [0.1, 0.15) is 0 Å². The van der Waals surface area contributed by atoms with Crippen molar-refractivity contribution in [2.75, 3.05) is 0 Å². The fourth-order valence-electron chi connectivity index (χ4n) is 2.68. The second kappa shape index (κ2) is 6.60. The van der Waals surface area contributed by atoms with E-state index in [1.807, 2.05) is 17.4 Å². The van der Waals surface area contributed by atoms with Crippen LogP contribution in [0.4, 0.5) is 0 Å². The van der Waals surface area contributed by atoms with E-state index in [-0.39, 0.29) is 0 Å². The minimum atomic E-state index is 1.15. The van der Waals surface area contributed by atoms with Crippen molar-refractivity contribution >= 4 is 28.7 Å². The van der Waals surface area contributed by atoms with E-state index < -0.39 is 0 Å². The summed E-state index contributed by atoms with van der Waals surface area (Å²) in [6, 6.07) is 26.0. The summed E-state index contributed by atoms with van der Waals surface area (Å²) in [4.78, 5) is 3.99. The van der Waals surface area contributed by atoms with Gasteiger partial charge in [-0.05, 0) is 45.8 Å². The lowest BCUT2D eigenvalue weighted by molar-refractivity contribution is 1.60. The topological polar surface area (TPSA) is 0 Å². The second-order valence-corrected chi connectivity index (χ2v) is 7.58. The average Bonchev–Trinajstić information content (AvgIpc) is 3.33. The van der Waals surface area contributed by atoms with Gasteiger partial charge in [-0.1, -0.05) is 67.3 Å². The second-order valence-electron chi connectivity index (χ2n) is 5.54. The van der Waals surface area contributed by atoms with Crippen molar-refractivity contribution in [1.82, 2.24) is 0 Å². The number of benzene rings is 2. The fraction of sp³-hybridized carbons (Fsp3) is 0. The van der Waals surface area contributed by atoms with E-state index in [2.05, 4.69) is 84.8 Å². The SMILES string of the molecule is C=Cc1ccc(-c2ccc(-c3ccc(-c4cccs4)s3)cc2)cc1. The van der Waals surface area contributed by atoms with Gasteiger partial charge in [-0.3, -0.25) is 0 Å². The molecule has 116 valence electrons. The highest BCUT2D eigenvalue weighted by molar-refractivity contribution is 7.23. The first-order valence-corrected chi connectivity index (χ1v) is 9.50. The molecule has 2 heterocycles. The summed E-state index contributed by atoms with van der Waals surface area (Å²) in [6.45, 7) is 3.80. The Morgan fingerprint density at radius 2 is 1.25 bits per heavy atom. The third-order valence-electron chi connectivity index (χ3n) is 4.02. The molecule has 4 rings (SSSR count). The van der Waals surface area contributed by atoms with Crippen molar-refractivity contribution in [1.29, 1.82) is 0 Å². The van der Waals surface area contributed by atoms with E-state index in [0.29, 0.717) is 0 Å². The number of thiophene rings is 2. The maximum absolute atomic E-state index is 3.80. The molecular formula is C22H16S2. The van der Waals surface area contributed by atoms with Crippen molar-refractivity contribution in [2.45, 2.75) is 0 Å². The highest BCUT2D eigenvalue weighted by Gasteiger charge is 2.06. The van der Waals surface area contributed by atoms with Crippen LogP contribution in [-0.2, 0) is 0 Å². The largest absolute Gasteiger partial charge is 0.143 e. The minimum absolute atomic E-state index is 1.15. The fourth-order valence-corrected chi connectivity index (χ4v) is 4.53. The predicted molar refractivity (Wildman–Crippen MR) is 109 cm³/mol. The summed E-state index contributed by atoms with van der Waals surface area (Å²) in [5, 5.41) is 2.13. The van der Waals surface area contributed by atoms with E-state index in [1.165, 1.54) is 31.3 Å². The molecule has 0 bridgehead atoms. The van der Waals surface area contributed by atoms with Gasteiger partial charge in [0.15, 0.2) is 0 Å². The summed E-state index contributed by atoms with van der Waals surface area (Å²) >= 11 is 3.64. The molecule has 0 radical (unpaired) electrons. The first kappa shape index (κ1) is 15.1. The van der Waals surface area contributed by atoms with Gasteiger partial charge in [0.05, 0.1) is 0 Å². The highest BCUT2D eigenvalue weighted by Crippen LogP contribution is 2.37. The first-order chi connectivity index (χ1) is 11.8. The zero-order valence-electron chi connectivity index (χ0n) is 13.1. The summed E-state index contributed by atoms with van der Waals surface area (Å²) < 4.78 is 0. The van der Waals surface area contributed by atoms with Crippen LogP contribution in [0.1, 0.15) is 5.56 Å². The van der Waals surface area contributed by atoms with Gasteiger partial charge in [-0.2, -0.15) is 0 Å². The summed E-state index contributed by atoms with van der Waals surface area (Å²) in [6.07, 6.45) is 1.87. The molecule has 24 heavy (non-hydrogen) atoms. The van der Waals surface area contributed by atoms with Crippen LogP contribution < -0.4 is 0 Å². The van der Waals surface area contributed by atoms with E-state index >= 15 is 0 Å². The van der Waals surface area contributed by atoms with E-state index in [1.54, 1.807) is 11.3 Å². The molecule has 0 aliphatic carbocycles. The Morgan fingerprint density at radius 1 is 0.625 bits per heavy atom. The zero-order valence-corrected chi connectivity index (χ0v) is 14.7. The lowest BCUT2D eigenvalue weighted by atomic mass is 10.0. The van der Waals surface area contributed by atoms with Gasteiger partial charge in [0.2, 0.25) is 0 Å². The molecule has 2 heteroatoms. The Hall–Kier alpha value is -2.42. The quantitative estimate of drug-likeness (QED) is 0.360. The van der Waals surface area contributed by atoms with Gasteiger partial charge in [-0.15, -0.1) is 22.7 Å². The zero-order chi connectivity index (χ0) is 16.4. The number of rotatable bonds is 4. The number of hydrogen-bond acceptors (Lipinski definition) is 2. The summed E-state index contributed by atoms with van der Waals surface area (Å²) in [5.74, 6) is 0. The molecule has 0 saturated heterocycles. The van der Waals surface area contributed by atoms with E-state index in [9.17, 15) is 0 Å². The van der Waals surface area contributed by atoms with Crippen molar-refractivity contribution in [3.63, 3.8) is 0 Å². The van der Waals surface area contributed by atoms with Crippen LogP contribution in [0.15, 0.2) is 84.8 Å². The summed E-state index contributed by atoms with van der Waals surface area (Å²) in [7, 11) is 0.